The van der Waals surface area contributed by atoms with Crippen molar-refractivity contribution >= 4 is 11.3 Å². The van der Waals surface area contributed by atoms with Crippen LogP contribution in [0, 0.1) is 0 Å². The molecule has 0 spiro atoms. The number of ether oxygens (including phenoxy) is 1. The lowest BCUT2D eigenvalue weighted by Crippen LogP contribution is -2.13. The number of nitrogens with zero attached hydrogens (tertiary/aromatic N) is 1. The first-order valence-corrected chi connectivity index (χ1v) is 7.84. The fraction of sp³-hybridized carbons (Fsp3) is 0.786. The third kappa shape index (κ3) is 3.31. The minimum Gasteiger partial charge on any atom is -0.374 e. The molecule has 0 amide bonds. The number of rotatable bonds is 8. The zero-order chi connectivity index (χ0) is 13.0. The Morgan fingerprint density at radius 3 is 2.78 bits per heavy atom. The molecule has 102 valence electrons. The van der Waals surface area contributed by atoms with Crippen LogP contribution in [0.5, 0.6) is 0 Å². The van der Waals surface area contributed by atoms with Crippen LogP contribution in [0.15, 0.2) is 0 Å². The number of nitrogens with one attached hydrogen (secondary N) is 1. The molecule has 0 radical (unpaired) electrons. The topological polar surface area (TPSA) is 34.1 Å². The summed E-state index contributed by atoms with van der Waals surface area (Å²) in [6.45, 7) is 6.41. The van der Waals surface area contributed by atoms with Crippen molar-refractivity contribution in [2.24, 2.45) is 0 Å². The first-order valence-electron chi connectivity index (χ1n) is 7.03. The molecule has 1 N–H and O–H groups in total. The first kappa shape index (κ1) is 14.0. The predicted octanol–water partition coefficient (Wildman–Crippen LogP) is 3.62. The van der Waals surface area contributed by atoms with E-state index < -0.39 is 0 Å². The summed E-state index contributed by atoms with van der Waals surface area (Å²) in [5.74, 6) is 0.725. The Bertz CT molecular complexity index is 370. The van der Waals surface area contributed by atoms with Crippen molar-refractivity contribution in [3.63, 3.8) is 0 Å². The largest absolute Gasteiger partial charge is 0.374 e. The van der Waals surface area contributed by atoms with Gasteiger partial charge in [0.25, 0.3) is 0 Å². The lowest BCUT2D eigenvalue weighted by molar-refractivity contribution is 0.0996. The van der Waals surface area contributed by atoms with E-state index in [1.54, 1.807) is 7.11 Å². The summed E-state index contributed by atoms with van der Waals surface area (Å²) < 4.78 is 5.51. The summed E-state index contributed by atoms with van der Waals surface area (Å²) in [6, 6.07) is 0. The lowest BCUT2D eigenvalue weighted by atomic mass is 10.2. The fourth-order valence-corrected chi connectivity index (χ4v) is 3.43. The Kier molecular flexibility index (Phi) is 5.15. The number of methoxy groups -OCH3 is 1. The molecule has 4 heteroatoms. The van der Waals surface area contributed by atoms with Gasteiger partial charge in [-0.05, 0) is 32.2 Å². The molecule has 0 aromatic carbocycles. The van der Waals surface area contributed by atoms with E-state index in [-0.39, 0.29) is 6.10 Å². The van der Waals surface area contributed by atoms with E-state index in [9.17, 15) is 0 Å². The number of aromatic nitrogens is 1. The Balaban J connectivity index is 2.10. The maximum absolute atomic E-state index is 5.51. The summed E-state index contributed by atoms with van der Waals surface area (Å²) in [5, 5.41) is 4.65. The molecular weight excluding hydrogens is 244 g/mol. The summed E-state index contributed by atoms with van der Waals surface area (Å²) in [7, 11) is 1.78. The average Bonchev–Trinajstić information content (AvgIpc) is 3.14. The van der Waals surface area contributed by atoms with Gasteiger partial charge in [0.15, 0.2) is 0 Å². The van der Waals surface area contributed by atoms with Gasteiger partial charge in [-0.2, -0.15) is 0 Å². The molecule has 1 aliphatic carbocycles. The van der Waals surface area contributed by atoms with Crippen LogP contribution in [0.1, 0.15) is 67.1 Å². The Hall–Kier alpha value is -0.450. The van der Waals surface area contributed by atoms with E-state index in [0.717, 1.165) is 30.4 Å². The molecule has 0 bridgehead atoms. The van der Waals surface area contributed by atoms with Gasteiger partial charge in [-0.1, -0.05) is 13.8 Å². The first-order chi connectivity index (χ1) is 8.80. The van der Waals surface area contributed by atoms with Crippen LogP contribution < -0.4 is 5.32 Å². The van der Waals surface area contributed by atoms with Gasteiger partial charge in [0.1, 0.15) is 11.1 Å². The quantitative estimate of drug-likeness (QED) is 0.731. The van der Waals surface area contributed by atoms with Crippen LogP contribution in [-0.2, 0) is 11.3 Å². The molecular formula is C14H24N2OS. The Labute approximate surface area is 114 Å². The van der Waals surface area contributed by atoms with Crippen LogP contribution in [0.3, 0.4) is 0 Å². The number of hydrogen-bond donors (Lipinski definition) is 1. The zero-order valence-corrected chi connectivity index (χ0v) is 12.5. The van der Waals surface area contributed by atoms with Gasteiger partial charge in [0.2, 0.25) is 0 Å². The van der Waals surface area contributed by atoms with Crippen molar-refractivity contribution in [1.82, 2.24) is 10.3 Å². The van der Waals surface area contributed by atoms with Gasteiger partial charge in [-0.3, -0.25) is 0 Å². The lowest BCUT2D eigenvalue weighted by Gasteiger charge is -2.08. The summed E-state index contributed by atoms with van der Waals surface area (Å²) in [6.07, 6.45) is 4.98. The minimum atomic E-state index is 0.174. The fourth-order valence-electron chi connectivity index (χ4n) is 2.14. The number of hydrogen-bond acceptors (Lipinski definition) is 4. The van der Waals surface area contributed by atoms with Crippen LogP contribution in [0.2, 0.25) is 0 Å². The zero-order valence-electron chi connectivity index (χ0n) is 11.7. The Morgan fingerprint density at radius 2 is 2.22 bits per heavy atom. The second-order valence-corrected chi connectivity index (χ2v) is 6.06. The van der Waals surface area contributed by atoms with Crippen molar-refractivity contribution in [1.29, 1.82) is 0 Å². The average molecular weight is 268 g/mol. The second-order valence-electron chi connectivity index (χ2n) is 4.94. The molecule has 1 fully saturated rings. The minimum absolute atomic E-state index is 0.174. The standard InChI is InChI=1S/C14H24N2OS/c1-4-8-15-9-12-13(10-6-7-10)16-14(18-12)11(5-2)17-3/h10-11,15H,4-9H2,1-3H3. The molecule has 1 heterocycles. The predicted molar refractivity (Wildman–Crippen MR) is 76.1 cm³/mol. The highest BCUT2D eigenvalue weighted by atomic mass is 32.1. The van der Waals surface area contributed by atoms with E-state index in [1.165, 1.54) is 29.8 Å². The van der Waals surface area contributed by atoms with Crippen molar-refractivity contribution in [2.75, 3.05) is 13.7 Å². The summed E-state index contributed by atoms with van der Waals surface area (Å²) in [4.78, 5) is 6.27. The van der Waals surface area contributed by atoms with E-state index in [1.807, 2.05) is 11.3 Å². The van der Waals surface area contributed by atoms with Crippen LogP contribution >= 0.6 is 11.3 Å². The SMILES string of the molecule is CCCNCc1sc(C(CC)OC)nc1C1CC1. The summed E-state index contributed by atoms with van der Waals surface area (Å²) >= 11 is 1.84. The molecule has 1 aliphatic rings. The van der Waals surface area contributed by atoms with Crippen LogP contribution in [0.25, 0.3) is 0 Å². The maximum Gasteiger partial charge on any atom is 0.122 e. The van der Waals surface area contributed by atoms with Crippen LogP contribution in [-0.4, -0.2) is 18.6 Å². The molecule has 0 aliphatic heterocycles. The Morgan fingerprint density at radius 1 is 1.44 bits per heavy atom. The molecule has 1 aromatic heterocycles. The van der Waals surface area contributed by atoms with Gasteiger partial charge in [0, 0.05) is 24.4 Å². The highest BCUT2D eigenvalue weighted by Crippen LogP contribution is 2.43. The molecule has 1 saturated carbocycles. The normalized spacial score (nSPS) is 17.1. The molecule has 2 rings (SSSR count). The maximum atomic E-state index is 5.51. The van der Waals surface area contributed by atoms with Gasteiger partial charge < -0.3 is 10.1 Å². The van der Waals surface area contributed by atoms with Crippen molar-refractivity contribution in [2.45, 2.75) is 58.1 Å². The van der Waals surface area contributed by atoms with Crippen molar-refractivity contribution in [3.8, 4) is 0 Å². The summed E-state index contributed by atoms with van der Waals surface area (Å²) in [5.41, 5.74) is 1.34. The van der Waals surface area contributed by atoms with E-state index in [0.29, 0.717) is 0 Å². The second kappa shape index (κ2) is 6.64. The smallest absolute Gasteiger partial charge is 0.122 e. The van der Waals surface area contributed by atoms with Gasteiger partial charge >= 0.3 is 0 Å². The molecule has 18 heavy (non-hydrogen) atoms. The van der Waals surface area contributed by atoms with E-state index in [2.05, 4.69) is 19.2 Å². The molecule has 1 unspecified atom stereocenters. The van der Waals surface area contributed by atoms with Gasteiger partial charge in [-0.15, -0.1) is 11.3 Å². The molecule has 1 aromatic rings. The number of thiazole rings is 1. The third-order valence-electron chi connectivity index (χ3n) is 3.35. The molecule has 1 atom stereocenters. The monoisotopic (exact) mass is 268 g/mol. The van der Waals surface area contributed by atoms with Crippen LogP contribution in [0.4, 0.5) is 0 Å². The highest BCUT2D eigenvalue weighted by Gasteiger charge is 2.30. The van der Waals surface area contributed by atoms with Gasteiger partial charge in [-0.25, -0.2) is 4.98 Å². The van der Waals surface area contributed by atoms with E-state index in [4.69, 9.17) is 9.72 Å². The van der Waals surface area contributed by atoms with Gasteiger partial charge in [0.05, 0.1) is 5.69 Å². The van der Waals surface area contributed by atoms with E-state index >= 15 is 0 Å². The third-order valence-corrected chi connectivity index (χ3v) is 4.51. The van der Waals surface area contributed by atoms with Crippen molar-refractivity contribution in [3.05, 3.63) is 15.6 Å². The highest BCUT2D eigenvalue weighted by molar-refractivity contribution is 7.11. The molecule has 0 saturated heterocycles. The molecule has 3 nitrogen and oxygen atoms in total. The van der Waals surface area contributed by atoms with Crippen molar-refractivity contribution < 1.29 is 4.74 Å².